The van der Waals surface area contributed by atoms with Crippen molar-refractivity contribution >= 4 is 23.1 Å². The molecule has 0 spiro atoms. The Balaban J connectivity index is 2.35. The normalized spacial score (nSPS) is 10.8. The fraction of sp³-hybridized carbons (Fsp3) is 0.286. The highest BCUT2D eigenvalue weighted by atomic mass is 35.5. The fourth-order valence-electron chi connectivity index (χ4n) is 1.64. The maximum atomic E-state index is 13.5. The summed E-state index contributed by atoms with van der Waals surface area (Å²) < 4.78 is 13.5. The van der Waals surface area contributed by atoms with Crippen LogP contribution in [0.15, 0.2) is 24.3 Å². The number of halogens is 2. The van der Waals surface area contributed by atoms with E-state index in [1.165, 1.54) is 6.07 Å². The average molecular weight is 280 g/mol. The highest BCUT2D eigenvalue weighted by Crippen LogP contribution is 2.23. The van der Waals surface area contributed by atoms with Gasteiger partial charge in [-0.15, -0.1) is 0 Å². The van der Waals surface area contributed by atoms with Crippen LogP contribution in [-0.2, 0) is 0 Å². The minimum atomic E-state index is -0.255. The van der Waals surface area contributed by atoms with Gasteiger partial charge in [0.15, 0.2) is 0 Å². The molecule has 100 valence electrons. The second kappa shape index (κ2) is 5.53. The highest BCUT2D eigenvalue weighted by molar-refractivity contribution is 6.29. The Morgan fingerprint density at radius 2 is 2.00 bits per heavy atom. The molecule has 19 heavy (non-hydrogen) atoms. The third-order valence-electron chi connectivity index (χ3n) is 2.76. The molecule has 2 aromatic rings. The van der Waals surface area contributed by atoms with E-state index in [2.05, 4.69) is 15.3 Å². The van der Waals surface area contributed by atoms with Crippen LogP contribution in [0.4, 0.5) is 15.9 Å². The van der Waals surface area contributed by atoms with Gasteiger partial charge in [-0.25, -0.2) is 14.4 Å². The van der Waals surface area contributed by atoms with E-state index in [9.17, 15) is 4.39 Å². The minimum Gasteiger partial charge on any atom is -0.340 e. The van der Waals surface area contributed by atoms with Gasteiger partial charge < -0.3 is 5.32 Å². The lowest BCUT2D eigenvalue weighted by molar-refractivity contribution is 0.619. The first-order valence-electron chi connectivity index (χ1n) is 6.04. The summed E-state index contributed by atoms with van der Waals surface area (Å²) in [6.45, 7) is 5.69. The smallest absolute Gasteiger partial charge is 0.135 e. The Labute approximate surface area is 116 Å². The van der Waals surface area contributed by atoms with Gasteiger partial charge in [-0.3, -0.25) is 0 Å². The van der Waals surface area contributed by atoms with E-state index < -0.39 is 0 Å². The first-order valence-corrected chi connectivity index (χ1v) is 6.42. The quantitative estimate of drug-likeness (QED) is 0.844. The largest absolute Gasteiger partial charge is 0.340 e. The first kappa shape index (κ1) is 13.7. The van der Waals surface area contributed by atoms with Crippen LogP contribution in [0, 0.1) is 12.7 Å². The van der Waals surface area contributed by atoms with Crippen LogP contribution in [0.3, 0.4) is 0 Å². The van der Waals surface area contributed by atoms with Gasteiger partial charge >= 0.3 is 0 Å². The molecule has 1 heterocycles. The summed E-state index contributed by atoms with van der Waals surface area (Å²) in [6, 6.07) is 6.49. The van der Waals surface area contributed by atoms with Crippen LogP contribution in [0.2, 0.25) is 5.15 Å². The van der Waals surface area contributed by atoms with Crippen LogP contribution in [0.25, 0.3) is 0 Å². The SMILES string of the molecule is Cc1c(F)cccc1Nc1cc(Cl)nc(C(C)C)n1. The summed E-state index contributed by atoms with van der Waals surface area (Å²) in [6.07, 6.45) is 0. The summed E-state index contributed by atoms with van der Waals surface area (Å²) in [5, 5.41) is 3.44. The van der Waals surface area contributed by atoms with Crippen molar-refractivity contribution in [3.8, 4) is 0 Å². The lowest BCUT2D eigenvalue weighted by atomic mass is 10.2. The van der Waals surface area contributed by atoms with Gasteiger partial charge in [0.2, 0.25) is 0 Å². The monoisotopic (exact) mass is 279 g/mol. The maximum Gasteiger partial charge on any atom is 0.135 e. The highest BCUT2D eigenvalue weighted by Gasteiger charge is 2.09. The number of hydrogen-bond acceptors (Lipinski definition) is 3. The van der Waals surface area contributed by atoms with Crippen molar-refractivity contribution < 1.29 is 4.39 Å². The third-order valence-corrected chi connectivity index (χ3v) is 2.95. The van der Waals surface area contributed by atoms with E-state index in [1.807, 2.05) is 13.8 Å². The van der Waals surface area contributed by atoms with Crippen molar-refractivity contribution in [1.29, 1.82) is 0 Å². The topological polar surface area (TPSA) is 37.8 Å². The number of aromatic nitrogens is 2. The molecule has 0 aliphatic heterocycles. The summed E-state index contributed by atoms with van der Waals surface area (Å²) in [4.78, 5) is 8.53. The number of nitrogens with zero attached hydrogens (tertiary/aromatic N) is 2. The molecule has 3 nitrogen and oxygen atoms in total. The van der Waals surface area contributed by atoms with Crippen molar-refractivity contribution in [1.82, 2.24) is 9.97 Å². The second-order valence-electron chi connectivity index (χ2n) is 4.63. The molecule has 5 heteroatoms. The van der Waals surface area contributed by atoms with Gasteiger partial charge in [0.05, 0.1) is 0 Å². The molecule has 0 aliphatic carbocycles. The average Bonchev–Trinajstić information content (AvgIpc) is 2.34. The van der Waals surface area contributed by atoms with Crippen LogP contribution < -0.4 is 5.32 Å². The number of rotatable bonds is 3. The van der Waals surface area contributed by atoms with E-state index in [0.717, 1.165) is 0 Å². The minimum absolute atomic E-state index is 0.174. The fourth-order valence-corrected chi connectivity index (χ4v) is 1.83. The number of hydrogen-bond donors (Lipinski definition) is 1. The molecule has 0 saturated carbocycles. The molecule has 1 aromatic carbocycles. The Kier molecular flexibility index (Phi) is 4.00. The Hall–Kier alpha value is -1.68. The van der Waals surface area contributed by atoms with Crippen LogP contribution in [0.5, 0.6) is 0 Å². The van der Waals surface area contributed by atoms with E-state index in [4.69, 9.17) is 11.6 Å². The molecule has 0 fully saturated rings. The molecule has 0 aliphatic rings. The van der Waals surface area contributed by atoms with Gasteiger partial charge in [0, 0.05) is 23.2 Å². The van der Waals surface area contributed by atoms with E-state index in [1.54, 1.807) is 25.1 Å². The zero-order chi connectivity index (χ0) is 14.0. The van der Waals surface area contributed by atoms with Crippen molar-refractivity contribution in [3.05, 3.63) is 46.6 Å². The summed E-state index contributed by atoms with van der Waals surface area (Å²) in [7, 11) is 0. The van der Waals surface area contributed by atoms with Crippen molar-refractivity contribution in [3.63, 3.8) is 0 Å². The summed E-state index contributed by atoms with van der Waals surface area (Å²) >= 11 is 5.97. The van der Waals surface area contributed by atoms with Crippen LogP contribution >= 0.6 is 11.6 Å². The van der Waals surface area contributed by atoms with Crippen LogP contribution in [0.1, 0.15) is 31.2 Å². The summed E-state index contributed by atoms with van der Waals surface area (Å²) in [5.74, 6) is 1.14. The van der Waals surface area contributed by atoms with Crippen molar-refractivity contribution in [2.75, 3.05) is 5.32 Å². The predicted octanol–water partition coefficient (Wildman–Crippen LogP) is 4.44. The summed E-state index contributed by atoms with van der Waals surface area (Å²) in [5.41, 5.74) is 1.22. The molecule has 2 rings (SSSR count). The van der Waals surface area contributed by atoms with Crippen molar-refractivity contribution in [2.45, 2.75) is 26.7 Å². The van der Waals surface area contributed by atoms with Gasteiger partial charge in [-0.05, 0) is 19.1 Å². The first-order chi connectivity index (χ1) is 8.97. The molecular formula is C14H15ClFN3. The van der Waals surface area contributed by atoms with Gasteiger partial charge in [-0.1, -0.05) is 31.5 Å². The maximum absolute atomic E-state index is 13.5. The molecule has 0 unspecified atom stereocenters. The number of benzene rings is 1. The Morgan fingerprint density at radius 1 is 1.26 bits per heavy atom. The molecule has 0 amide bonds. The van der Waals surface area contributed by atoms with Crippen LogP contribution in [-0.4, -0.2) is 9.97 Å². The second-order valence-corrected chi connectivity index (χ2v) is 5.01. The third kappa shape index (κ3) is 3.20. The number of anilines is 2. The van der Waals surface area contributed by atoms with Gasteiger partial charge in [0.1, 0.15) is 22.6 Å². The zero-order valence-electron chi connectivity index (χ0n) is 11.0. The number of nitrogens with one attached hydrogen (secondary N) is 1. The van der Waals surface area contributed by atoms with E-state index in [0.29, 0.717) is 28.0 Å². The molecule has 0 saturated heterocycles. The zero-order valence-corrected chi connectivity index (χ0v) is 11.8. The molecule has 0 atom stereocenters. The molecule has 1 aromatic heterocycles. The Morgan fingerprint density at radius 3 is 2.68 bits per heavy atom. The Bertz CT molecular complexity index is 599. The lowest BCUT2D eigenvalue weighted by Crippen LogP contribution is -2.03. The van der Waals surface area contributed by atoms with Gasteiger partial charge in [0.25, 0.3) is 0 Å². The molecular weight excluding hydrogens is 265 g/mol. The molecule has 0 radical (unpaired) electrons. The van der Waals surface area contributed by atoms with E-state index in [-0.39, 0.29) is 11.7 Å². The standard InChI is InChI=1S/C14H15ClFN3/c1-8(2)14-18-12(15)7-13(19-14)17-11-6-4-5-10(16)9(11)3/h4-8H,1-3H3,(H,17,18,19). The molecule has 1 N–H and O–H groups in total. The van der Waals surface area contributed by atoms with Gasteiger partial charge in [-0.2, -0.15) is 0 Å². The predicted molar refractivity (Wildman–Crippen MR) is 75.6 cm³/mol. The lowest BCUT2D eigenvalue weighted by Gasteiger charge is -2.11. The van der Waals surface area contributed by atoms with E-state index >= 15 is 0 Å². The molecule has 0 bridgehead atoms. The van der Waals surface area contributed by atoms with Crippen molar-refractivity contribution in [2.24, 2.45) is 0 Å².